The number of anilines is 1. The minimum absolute atomic E-state index is 0.0829. The minimum atomic E-state index is 0.0829. The SMILES string of the molecule is O=C(CC1CC2CCC(C1)N2)Nc1ccc2c(c1)C(=O)CCC2. The quantitative estimate of drug-likeness (QED) is 0.902. The van der Waals surface area contributed by atoms with Crippen LogP contribution >= 0.6 is 0 Å². The van der Waals surface area contributed by atoms with Gasteiger partial charge in [0.05, 0.1) is 0 Å². The fraction of sp³-hybridized carbons (Fsp3) is 0.579. The van der Waals surface area contributed by atoms with Gasteiger partial charge in [0.15, 0.2) is 5.78 Å². The average Bonchev–Trinajstić information content (AvgIpc) is 2.87. The Labute approximate surface area is 137 Å². The number of hydrogen-bond acceptors (Lipinski definition) is 3. The first kappa shape index (κ1) is 14.9. The van der Waals surface area contributed by atoms with Crippen molar-refractivity contribution >= 4 is 17.4 Å². The van der Waals surface area contributed by atoms with Crippen LogP contribution in [0.3, 0.4) is 0 Å². The molecule has 0 aromatic heterocycles. The normalized spacial score (nSPS) is 29.2. The highest BCUT2D eigenvalue weighted by Crippen LogP contribution is 2.33. The molecule has 2 heterocycles. The van der Waals surface area contributed by atoms with Crippen LogP contribution < -0.4 is 10.6 Å². The molecule has 1 aromatic rings. The van der Waals surface area contributed by atoms with Crippen LogP contribution in [0.25, 0.3) is 0 Å². The summed E-state index contributed by atoms with van der Waals surface area (Å²) in [5, 5.41) is 6.61. The van der Waals surface area contributed by atoms with Gasteiger partial charge in [-0.3, -0.25) is 9.59 Å². The van der Waals surface area contributed by atoms with E-state index in [-0.39, 0.29) is 11.7 Å². The molecule has 2 fully saturated rings. The molecular weight excluding hydrogens is 288 g/mol. The molecule has 2 N–H and O–H groups in total. The molecule has 2 bridgehead atoms. The lowest BCUT2D eigenvalue weighted by Crippen LogP contribution is -2.39. The predicted octanol–water partition coefficient (Wildman–Crippen LogP) is 3.06. The molecule has 1 aromatic carbocycles. The van der Waals surface area contributed by atoms with Crippen LogP contribution in [0.2, 0.25) is 0 Å². The topological polar surface area (TPSA) is 58.2 Å². The number of ketones is 1. The van der Waals surface area contributed by atoms with E-state index >= 15 is 0 Å². The molecule has 2 unspecified atom stereocenters. The van der Waals surface area contributed by atoms with Crippen molar-refractivity contribution in [1.82, 2.24) is 5.32 Å². The van der Waals surface area contributed by atoms with Crippen LogP contribution in [-0.2, 0) is 11.2 Å². The highest BCUT2D eigenvalue weighted by molar-refractivity contribution is 6.00. The first-order valence-corrected chi connectivity index (χ1v) is 8.89. The maximum Gasteiger partial charge on any atom is 0.224 e. The van der Waals surface area contributed by atoms with Crippen molar-refractivity contribution in [3.63, 3.8) is 0 Å². The molecule has 0 spiro atoms. The smallest absolute Gasteiger partial charge is 0.224 e. The summed E-state index contributed by atoms with van der Waals surface area (Å²) in [6.07, 6.45) is 7.88. The van der Waals surface area contributed by atoms with Gasteiger partial charge in [-0.2, -0.15) is 0 Å². The number of amides is 1. The van der Waals surface area contributed by atoms with E-state index < -0.39 is 0 Å². The average molecular weight is 312 g/mol. The Balaban J connectivity index is 1.39. The molecule has 4 nitrogen and oxygen atoms in total. The number of rotatable bonds is 3. The molecule has 122 valence electrons. The van der Waals surface area contributed by atoms with Crippen LogP contribution in [0.4, 0.5) is 5.69 Å². The van der Waals surface area contributed by atoms with E-state index in [1.165, 1.54) is 12.8 Å². The van der Waals surface area contributed by atoms with Gasteiger partial charge in [0, 0.05) is 36.2 Å². The molecule has 2 atom stereocenters. The van der Waals surface area contributed by atoms with Gasteiger partial charge in [-0.05, 0) is 62.1 Å². The van der Waals surface area contributed by atoms with E-state index in [2.05, 4.69) is 10.6 Å². The molecule has 0 saturated carbocycles. The number of carbonyl (C=O) groups excluding carboxylic acids is 2. The minimum Gasteiger partial charge on any atom is -0.326 e. The van der Waals surface area contributed by atoms with E-state index in [0.717, 1.165) is 42.5 Å². The maximum atomic E-state index is 12.3. The molecule has 0 radical (unpaired) electrons. The second-order valence-electron chi connectivity index (χ2n) is 7.38. The number of Topliss-reactive ketones (excluding diaryl/α,β-unsaturated/α-hetero) is 1. The second-order valence-corrected chi connectivity index (χ2v) is 7.38. The van der Waals surface area contributed by atoms with E-state index in [0.29, 0.717) is 30.8 Å². The zero-order valence-electron chi connectivity index (χ0n) is 13.4. The summed E-state index contributed by atoms with van der Waals surface area (Å²) in [6.45, 7) is 0. The lowest BCUT2D eigenvalue weighted by atomic mass is 9.89. The Morgan fingerprint density at radius 1 is 1.17 bits per heavy atom. The van der Waals surface area contributed by atoms with Gasteiger partial charge in [0.25, 0.3) is 0 Å². The highest BCUT2D eigenvalue weighted by atomic mass is 16.1. The Hall–Kier alpha value is -1.68. The standard InChI is InChI=1S/C19H24N2O2/c22-18-3-1-2-13-4-5-16(11-17(13)18)21-19(23)10-12-8-14-6-7-15(9-12)20-14/h4-5,11-12,14-15,20H,1-3,6-10H2,(H,21,23). The molecule has 2 aliphatic heterocycles. The summed E-state index contributed by atoms with van der Waals surface area (Å²) in [6, 6.07) is 7.02. The number of fused-ring (bicyclic) bond motifs is 3. The van der Waals surface area contributed by atoms with Gasteiger partial charge in [-0.25, -0.2) is 0 Å². The third-order valence-corrected chi connectivity index (χ3v) is 5.59. The zero-order chi connectivity index (χ0) is 15.8. The lowest BCUT2D eigenvalue weighted by molar-refractivity contribution is -0.117. The van der Waals surface area contributed by atoms with Crippen molar-refractivity contribution in [2.45, 2.75) is 63.5 Å². The van der Waals surface area contributed by atoms with Crippen LogP contribution in [0.1, 0.15) is 60.9 Å². The number of nitrogens with one attached hydrogen (secondary N) is 2. The number of hydrogen-bond donors (Lipinski definition) is 2. The van der Waals surface area contributed by atoms with Crippen LogP contribution in [-0.4, -0.2) is 23.8 Å². The van der Waals surface area contributed by atoms with E-state index in [4.69, 9.17) is 0 Å². The van der Waals surface area contributed by atoms with Gasteiger partial charge in [-0.1, -0.05) is 6.07 Å². The number of benzene rings is 1. The maximum absolute atomic E-state index is 12.3. The molecule has 3 aliphatic rings. The fourth-order valence-electron chi connectivity index (χ4n) is 4.52. The van der Waals surface area contributed by atoms with Crippen molar-refractivity contribution in [3.05, 3.63) is 29.3 Å². The molecule has 1 aliphatic carbocycles. The van der Waals surface area contributed by atoms with Gasteiger partial charge in [0.1, 0.15) is 0 Å². The number of carbonyl (C=O) groups is 2. The first-order chi connectivity index (χ1) is 11.2. The van der Waals surface area contributed by atoms with Gasteiger partial charge in [0.2, 0.25) is 5.91 Å². The summed E-state index contributed by atoms with van der Waals surface area (Å²) in [5.74, 6) is 0.782. The molecule has 4 rings (SSSR count). The largest absolute Gasteiger partial charge is 0.326 e. The fourth-order valence-corrected chi connectivity index (χ4v) is 4.52. The van der Waals surface area contributed by atoms with Gasteiger partial charge < -0.3 is 10.6 Å². The van der Waals surface area contributed by atoms with Crippen LogP contribution in [0.5, 0.6) is 0 Å². The Bertz CT molecular complexity index is 628. The number of aryl methyl sites for hydroxylation is 1. The van der Waals surface area contributed by atoms with Gasteiger partial charge in [-0.15, -0.1) is 0 Å². The summed E-state index contributed by atoms with van der Waals surface area (Å²) in [7, 11) is 0. The van der Waals surface area contributed by atoms with E-state index in [9.17, 15) is 9.59 Å². The number of piperidine rings is 1. The van der Waals surface area contributed by atoms with Crippen molar-refractivity contribution < 1.29 is 9.59 Å². The molecule has 1 amide bonds. The monoisotopic (exact) mass is 312 g/mol. The summed E-state index contributed by atoms with van der Waals surface area (Å²) in [4.78, 5) is 24.3. The lowest BCUT2D eigenvalue weighted by Gasteiger charge is -2.28. The van der Waals surface area contributed by atoms with Crippen molar-refractivity contribution in [2.24, 2.45) is 5.92 Å². The Morgan fingerprint density at radius 2 is 1.96 bits per heavy atom. The van der Waals surface area contributed by atoms with Gasteiger partial charge >= 0.3 is 0 Å². The first-order valence-electron chi connectivity index (χ1n) is 8.89. The third-order valence-electron chi connectivity index (χ3n) is 5.59. The third kappa shape index (κ3) is 3.18. The van der Waals surface area contributed by atoms with Crippen molar-refractivity contribution in [2.75, 3.05) is 5.32 Å². The Morgan fingerprint density at radius 3 is 2.74 bits per heavy atom. The summed E-state index contributed by atoms with van der Waals surface area (Å²) in [5.41, 5.74) is 2.68. The van der Waals surface area contributed by atoms with Crippen molar-refractivity contribution in [1.29, 1.82) is 0 Å². The highest BCUT2D eigenvalue weighted by Gasteiger charge is 2.34. The van der Waals surface area contributed by atoms with Crippen LogP contribution in [0, 0.1) is 5.92 Å². The van der Waals surface area contributed by atoms with Crippen molar-refractivity contribution in [3.8, 4) is 0 Å². The molecule has 4 heteroatoms. The van der Waals surface area contributed by atoms with E-state index in [1.807, 2.05) is 18.2 Å². The Kier molecular flexibility index (Phi) is 3.93. The predicted molar refractivity (Wildman–Crippen MR) is 89.6 cm³/mol. The van der Waals surface area contributed by atoms with Crippen LogP contribution in [0.15, 0.2) is 18.2 Å². The summed E-state index contributed by atoms with van der Waals surface area (Å²) >= 11 is 0. The molecular formula is C19H24N2O2. The molecule has 2 saturated heterocycles. The zero-order valence-corrected chi connectivity index (χ0v) is 13.4. The second kappa shape index (κ2) is 6.08. The molecule has 23 heavy (non-hydrogen) atoms. The van der Waals surface area contributed by atoms with E-state index in [1.54, 1.807) is 0 Å². The summed E-state index contributed by atoms with van der Waals surface area (Å²) < 4.78 is 0.